The Kier molecular flexibility index (Phi) is 4.17. The molecule has 0 unspecified atom stereocenters. The highest BCUT2D eigenvalue weighted by Gasteiger charge is 2.35. The van der Waals surface area contributed by atoms with E-state index < -0.39 is 10.2 Å². The van der Waals surface area contributed by atoms with Gasteiger partial charge in [-0.3, -0.25) is 0 Å². The minimum atomic E-state index is -3.38. The van der Waals surface area contributed by atoms with Gasteiger partial charge in [-0.1, -0.05) is 0 Å². The molecule has 2 saturated heterocycles. The van der Waals surface area contributed by atoms with Gasteiger partial charge in [-0.2, -0.15) is 17.0 Å². The smallest absolute Gasteiger partial charge is 0.282 e. The largest absolute Gasteiger partial charge is 0.351 e. The van der Waals surface area contributed by atoms with Gasteiger partial charge in [0.1, 0.15) is 6.33 Å². The molecule has 3 fully saturated rings. The highest BCUT2D eigenvalue weighted by Crippen LogP contribution is 2.41. The van der Waals surface area contributed by atoms with E-state index in [1.807, 2.05) is 4.90 Å². The molecule has 9 heteroatoms. The first-order chi connectivity index (χ1) is 11.6. The quantitative estimate of drug-likeness (QED) is 0.804. The molecule has 2 aliphatic heterocycles. The number of hydrogen-bond acceptors (Lipinski definition) is 5. The van der Waals surface area contributed by atoms with Crippen molar-refractivity contribution in [2.75, 3.05) is 44.2 Å². The van der Waals surface area contributed by atoms with Crippen molar-refractivity contribution in [2.45, 2.75) is 31.6 Å². The van der Waals surface area contributed by atoms with Gasteiger partial charge in [-0.15, -0.1) is 0 Å². The van der Waals surface area contributed by atoms with E-state index in [-0.39, 0.29) is 11.7 Å². The van der Waals surface area contributed by atoms with Crippen LogP contribution in [0.1, 0.15) is 37.3 Å². The van der Waals surface area contributed by atoms with E-state index in [4.69, 9.17) is 0 Å². The van der Waals surface area contributed by atoms with Gasteiger partial charge in [0.25, 0.3) is 10.2 Å². The van der Waals surface area contributed by atoms with E-state index in [0.29, 0.717) is 50.8 Å². The Bertz CT molecular complexity index is 711. The molecule has 3 aliphatic rings. The molecule has 1 saturated carbocycles. The van der Waals surface area contributed by atoms with Crippen LogP contribution in [-0.2, 0) is 10.2 Å². The minimum absolute atomic E-state index is 0.226. The minimum Gasteiger partial charge on any atom is -0.351 e. The van der Waals surface area contributed by atoms with Gasteiger partial charge in [0.2, 0.25) is 0 Å². The molecular formula is C15H22FN5O2S. The fourth-order valence-corrected chi connectivity index (χ4v) is 5.12. The van der Waals surface area contributed by atoms with Crippen molar-refractivity contribution in [3.63, 3.8) is 0 Å². The van der Waals surface area contributed by atoms with Crippen LogP contribution in [-0.4, -0.2) is 66.3 Å². The normalized spacial score (nSPS) is 23.8. The molecule has 4 rings (SSSR count). The number of piperazine rings is 1. The lowest BCUT2D eigenvalue weighted by atomic mass is 10.2. The molecule has 132 valence electrons. The lowest BCUT2D eigenvalue weighted by Crippen LogP contribution is -2.53. The van der Waals surface area contributed by atoms with Crippen LogP contribution < -0.4 is 4.90 Å². The monoisotopic (exact) mass is 355 g/mol. The molecule has 1 aromatic rings. The molecule has 3 heterocycles. The molecule has 24 heavy (non-hydrogen) atoms. The summed E-state index contributed by atoms with van der Waals surface area (Å²) in [6.07, 6.45) is 5.23. The van der Waals surface area contributed by atoms with Gasteiger partial charge in [0, 0.05) is 45.2 Å². The average molecular weight is 355 g/mol. The SMILES string of the molecule is O=S(=O)(N1CCCC1)N1CCN(c2ncnc(C3CC3)c2F)CC1. The third-order valence-electron chi connectivity index (χ3n) is 5.02. The lowest BCUT2D eigenvalue weighted by Gasteiger charge is -2.36. The average Bonchev–Trinajstić information content (AvgIpc) is 3.27. The van der Waals surface area contributed by atoms with Crippen LogP contribution in [0.5, 0.6) is 0 Å². The molecule has 0 aromatic carbocycles. The van der Waals surface area contributed by atoms with Gasteiger partial charge in [0.15, 0.2) is 11.6 Å². The Hall–Kier alpha value is -1.32. The van der Waals surface area contributed by atoms with Crippen LogP contribution in [0, 0.1) is 5.82 Å². The number of anilines is 1. The van der Waals surface area contributed by atoms with E-state index >= 15 is 0 Å². The second-order valence-corrected chi connectivity index (χ2v) is 8.60. The first kappa shape index (κ1) is 16.2. The number of nitrogens with zero attached hydrogens (tertiary/aromatic N) is 5. The highest BCUT2D eigenvalue weighted by atomic mass is 32.2. The number of hydrogen-bond donors (Lipinski definition) is 0. The molecule has 0 atom stereocenters. The molecule has 1 aromatic heterocycles. The van der Waals surface area contributed by atoms with E-state index in [2.05, 4.69) is 9.97 Å². The zero-order valence-electron chi connectivity index (χ0n) is 13.6. The fraction of sp³-hybridized carbons (Fsp3) is 0.733. The summed E-state index contributed by atoms with van der Waals surface area (Å²) in [5.74, 6) is 0.199. The first-order valence-electron chi connectivity index (χ1n) is 8.58. The second-order valence-electron chi connectivity index (χ2n) is 6.67. The Morgan fingerprint density at radius 2 is 1.58 bits per heavy atom. The number of halogens is 1. The Labute approximate surface area is 141 Å². The van der Waals surface area contributed by atoms with Gasteiger partial charge in [-0.25, -0.2) is 14.4 Å². The molecule has 0 bridgehead atoms. The summed E-state index contributed by atoms with van der Waals surface area (Å²) in [6.45, 7) is 2.83. The van der Waals surface area contributed by atoms with Crippen LogP contribution in [0.2, 0.25) is 0 Å². The maximum atomic E-state index is 14.6. The van der Waals surface area contributed by atoms with Gasteiger partial charge < -0.3 is 4.90 Å². The lowest BCUT2D eigenvalue weighted by molar-refractivity contribution is 0.341. The maximum absolute atomic E-state index is 14.6. The molecule has 7 nitrogen and oxygen atoms in total. The first-order valence-corrected chi connectivity index (χ1v) is 9.97. The standard InChI is InChI=1S/C15H22FN5O2S/c16-13-14(12-3-4-12)17-11-18-15(13)19-7-9-21(10-8-19)24(22,23)20-5-1-2-6-20/h11-12H,1-10H2. The van der Waals surface area contributed by atoms with Crippen molar-refractivity contribution in [3.05, 3.63) is 17.8 Å². The summed E-state index contributed by atoms with van der Waals surface area (Å²) in [4.78, 5) is 10.0. The second kappa shape index (κ2) is 6.20. The zero-order valence-corrected chi connectivity index (χ0v) is 14.4. The van der Waals surface area contributed by atoms with Crippen LogP contribution >= 0.6 is 0 Å². The Balaban J connectivity index is 1.46. The Morgan fingerprint density at radius 1 is 0.958 bits per heavy atom. The van der Waals surface area contributed by atoms with Crippen LogP contribution in [0.15, 0.2) is 6.33 Å². The third kappa shape index (κ3) is 2.89. The van der Waals surface area contributed by atoms with Crippen LogP contribution in [0.3, 0.4) is 0 Å². The van der Waals surface area contributed by atoms with Gasteiger partial charge in [-0.05, 0) is 25.7 Å². The molecule has 0 N–H and O–H groups in total. The summed E-state index contributed by atoms with van der Waals surface area (Å²) in [7, 11) is -3.38. The zero-order chi connectivity index (χ0) is 16.7. The Morgan fingerprint density at radius 3 is 2.21 bits per heavy atom. The van der Waals surface area contributed by atoms with Crippen molar-refractivity contribution < 1.29 is 12.8 Å². The predicted octanol–water partition coefficient (Wildman–Crippen LogP) is 0.956. The molecule has 0 spiro atoms. The van der Waals surface area contributed by atoms with Crippen LogP contribution in [0.4, 0.5) is 10.2 Å². The van der Waals surface area contributed by atoms with Crippen molar-refractivity contribution in [3.8, 4) is 0 Å². The van der Waals surface area contributed by atoms with Crippen LogP contribution in [0.25, 0.3) is 0 Å². The van der Waals surface area contributed by atoms with Gasteiger partial charge >= 0.3 is 0 Å². The van der Waals surface area contributed by atoms with E-state index in [9.17, 15) is 12.8 Å². The topological polar surface area (TPSA) is 69.6 Å². The van der Waals surface area contributed by atoms with Gasteiger partial charge in [0.05, 0.1) is 5.69 Å². The maximum Gasteiger partial charge on any atom is 0.282 e. The fourth-order valence-electron chi connectivity index (χ4n) is 3.45. The molecule has 1 aliphatic carbocycles. The third-order valence-corrected chi connectivity index (χ3v) is 7.05. The van der Waals surface area contributed by atoms with E-state index in [0.717, 1.165) is 25.7 Å². The van der Waals surface area contributed by atoms with Crippen molar-refractivity contribution >= 4 is 16.0 Å². The molecule has 0 radical (unpaired) electrons. The summed E-state index contributed by atoms with van der Waals surface area (Å²) in [6, 6.07) is 0. The predicted molar refractivity (Wildman–Crippen MR) is 87.5 cm³/mol. The molecular weight excluding hydrogens is 333 g/mol. The van der Waals surface area contributed by atoms with Crippen molar-refractivity contribution in [1.82, 2.24) is 18.6 Å². The molecule has 0 amide bonds. The summed E-state index contributed by atoms with van der Waals surface area (Å²) < 4.78 is 42.8. The number of aromatic nitrogens is 2. The highest BCUT2D eigenvalue weighted by molar-refractivity contribution is 7.86. The van der Waals surface area contributed by atoms with Crippen molar-refractivity contribution in [2.24, 2.45) is 0 Å². The summed E-state index contributed by atoms with van der Waals surface area (Å²) >= 11 is 0. The summed E-state index contributed by atoms with van der Waals surface area (Å²) in [5, 5.41) is 0. The van der Waals surface area contributed by atoms with E-state index in [1.165, 1.54) is 10.6 Å². The van der Waals surface area contributed by atoms with Crippen molar-refractivity contribution in [1.29, 1.82) is 0 Å². The van der Waals surface area contributed by atoms with E-state index in [1.54, 1.807) is 4.31 Å². The number of rotatable bonds is 4. The summed E-state index contributed by atoms with van der Waals surface area (Å²) in [5.41, 5.74) is 0.507.